The molecule has 6 nitrogen and oxygen atoms in total. The van der Waals surface area contributed by atoms with E-state index in [1.54, 1.807) is 30.3 Å². The molecule has 0 aliphatic carbocycles. The summed E-state index contributed by atoms with van der Waals surface area (Å²) in [6.45, 7) is 0. The molecule has 3 rings (SSSR count). The Bertz CT molecular complexity index is 800. The SMILES string of the molecule is NS(=O)(=O)c1ccc(N[C@@H]2OC(=O)c3ccccc32)cc1. The lowest BCUT2D eigenvalue weighted by molar-refractivity contribution is 0.0437. The van der Waals surface area contributed by atoms with Gasteiger partial charge in [-0.15, -0.1) is 0 Å². The molecule has 0 bridgehead atoms. The van der Waals surface area contributed by atoms with E-state index in [2.05, 4.69) is 5.32 Å². The van der Waals surface area contributed by atoms with Crippen LogP contribution in [0.1, 0.15) is 22.1 Å². The normalized spacial score (nSPS) is 17.2. The first-order valence-corrected chi connectivity index (χ1v) is 7.69. The predicted molar refractivity (Wildman–Crippen MR) is 76.0 cm³/mol. The fraction of sp³-hybridized carbons (Fsp3) is 0.0714. The van der Waals surface area contributed by atoms with E-state index < -0.39 is 16.3 Å². The first-order valence-electron chi connectivity index (χ1n) is 6.14. The molecule has 0 amide bonds. The topological polar surface area (TPSA) is 98.5 Å². The quantitative estimate of drug-likeness (QED) is 0.839. The number of ether oxygens (including phenoxy) is 1. The number of hydrogen-bond acceptors (Lipinski definition) is 5. The second-order valence-corrected chi connectivity index (χ2v) is 6.15. The number of sulfonamides is 1. The van der Waals surface area contributed by atoms with Crippen molar-refractivity contribution in [2.24, 2.45) is 5.14 Å². The zero-order valence-electron chi connectivity index (χ0n) is 10.8. The minimum absolute atomic E-state index is 0.0249. The highest BCUT2D eigenvalue weighted by Crippen LogP contribution is 2.31. The van der Waals surface area contributed by atoms with Gasteiger partial charge in [-0.05, 0) is 30.3 Å². The Hall–Kier alpha value is -2.38. The standard InChI is InChI=1S/C14H12N2O4S/c15-21(18,19)10-7-5-9(6-8-10)16-13-11-3-1-2-4-12(11)14(17)20-13/h1-8,13,16H,(H2,15,18,19)/t13-/m1/s1. The molecule has 0 radical (unpaired) electrons. The van der Waals surface area contributed by atoms with Crippen molar-refractivity contribution in [3.8, 4) is 0 Å². The van der Waals surface area contributed by atoms with Crippen molar-refractivity contribution in [2.75, 3.05) is 5.32 Å². The van der Waals surface area contributed by atoms with E-state index in [1.165, 1.54) is 12.1 Å². The minimum atomic E-state index is -3.72. The summed E-state index contributed by atoms with van der Waals surface area (Å²) in [5, 5.41) is 8.06. The summed E-state index contributed by atoms with van der Waals surface area (Å²) in [7, 11) is -3.72. The van der Waals surface area contributed by atoms with Crippen molar-refractivity contribution in [1.29, 1.82) is 0 Å². The molecular weight excluding hydrogens is 292 g/mol. The van der Waals surface area contributed by atoms with Gasteiger partial charge in [0.25, 0.3) is 0 Å². The average Bonchev–Trinajstić information content (AvgIpc) is 2.76. The maximum Gasteiger partial charge on any atom is 0.340 e. The van der Waals surface area contributed by atoms with E-state index in [9.17, 15) is 13.2 Å². The number of esters is 1. The van der Waals surface area contributed by atoms with Gasteiger partial charge >= 0.3 is 5.97 Å². The Balaban J connectivity index is 1.84. The number of anilines is 1. The molecule has 1 aliphatic rings. The van der Waals surface area contributed by atoms with E-state index in [-0.39, 0.29) is 10.9 Å². The van der Waals surface area contributed by atoms with E-state index in [0.717, 1.165) is 5.56 Å². The van der Waals surface area contributed by atoms with Crippen LogP contribution in [-0.2, 0) is 14.8 Å². The molecule has 1 atom stereocenters. The van der Waals surface area contributed by atoms with Gasteiger partial charge in [0.05, 0.1) is 10.5 Å². The van der Waals surface area contributed by atoms with Crippen LogP contribution in [0.4, 0.5) is 5.69 Å². The number of nitrogens with one attached hydrogen (secondary N) is 1. The van der Waals surface area contributed by atoms with Crippen LogP contribution in [0.15, 0.2) is 53.4 Å². The zero-order valence-corrected chi connectivity index (χ0v) is 11.6. The highest BCUT2D eigenvalue weighted by atomic mass is 32.2. The number of fused-ring (bicyclic) bond motifs is 1. The van der Waals surface area contributed by atoms with E-state index in [0.29, 0.717) is 11.3 Å². The van der Waals surface area contributed by atoms with Crippen LogP contribution < -0.4 is 10.5 Å². The first kappa shape index (κ1) is 13.6. The van der Waals surface area contributed by atoms with Gasteiger partial charge in [0.15, 0.2) is 0 Å². The van der Waals surface area contributed by atoms with Crippen LogP contribution in [0.3, 0.4) is 0 Å². The lowest BCUT2D eigenvalue weighted by Gasteiger charge is -2.14. The molecule has 2 aromatic carbocycles. The molecular formula is C14H12N2O4S. The minimum Gasteiger partial charge on any atom is -0.434 e. The molecule has 0 saturated carbocycles. The van der Waals surface area contributed by atoms with Crippen molar-refractivity contribution >= 4 is 21.7 Å². The second kappa shape index (κ2) is 4.87. The van der Waals surface area contributed by atoms with Gasteiger partial charge < -0.3 is 10.1 Å². The summed E-state index contributed by atoms with van der Waals surface area (Å²) in [4.78, 5) is 11.7. The number of primary sulfonamides is 1. The lowest BCUT2D eigenvalue weighted by atomic mass is 10.1. The first-order chi connectivity index (χ1) is 9.95. The van der Waals surface area contributed by atoms with Crippen molar-refractivity contribution in [3.63, 3.8) is 0 Å². The van der Waals surface area contributed by atoms with Gasteiger partial charge in [-0.1, -0.05) is 18.2 Å². The highest BCUT2D eigenvalue weighted by molar-refractivity contribution is 7.89. The molecule has 0 saturated heterocycles. The third-order valence-corrected chi connectivity index (χ3v) is 4.10. The van der Waals surface area contributed by atoms with Crippen molar-refractivity contribution in [1.82, 2.24) is 0 Å². The fourth-order valence-corrected chi connectivity index (χ4v) is 2.66. The maximum atomic E-state index is 11.7. The highest BCUT2D eigenvalue weighted by Gasteiger charge is 2.30. The molecule has 1 heterocycles. The molecule has 7 heteroatoms. The Morgan fingerprint density at radius 3 is 2.38 bits per heavy atom. The summed E-state index contributed by atoms with van der Waals surface area (Å²) < 4.78 is 27.6. The summed E-state index contributed by atoms with van der Waals surface area (Å²) in [5.74, 6) is -0.385. The molecule has 0 aromatic heterocycles. The maximum absolute atomic E-state index is 11.7. The van der Waals surface area contributed by atoms with Gasteiger partial charge in [-0.25, -0.2) is 18.4 Å². The number of rotatable bonds is 3. The van der Waals surface area contributed by atoms with E-state index >= 15 is 0 Å². The van der Waals surface area contributed by atoms with Crippen LogP contribution in [0.25, 0.3) is 0 Å². The lowest BCUT2D eigenvalue weighted by Crippen LogP contribution is -2.13. The third kappa shape index (κ3) is 2.61. The van der Waals surface area contributed by atoms with Crippen LogP contribution in [0.5, 0.6) is 0 Å². The summed E-state index contributed by atoms with van der Waals surface area (Å²) in [5.41, 5.74) is 1.89. The number of nitrogens with two attached hydrogens (primary N) is 1. The molecule has 21 heavy (non-hydrogen) atoms. The van der Waals surface area contributed by atoms with Crippen molar-refractivity contribution < 1.29 is 17.9 Å². The number of carbonyl (C=O) groups excluding carboxylic acids is 1. The fourth-order valence-electron chi connectivity index (χ4n) is 2.14. The monoisotopic (exact) mass is 304 g/mol. The van der Waals surface area contributed by atoms with Crippen LogP contribution in [0.2, 0.25) is 0 Å². The summed E-state index contributed by atoms with van der Waals surface area (Å²) in [6, 6.07) is 13.0. The summed E-state index contributed by atoms with van der Waals surface area (Å²) in [6.07, 6.45) is -0.589. The number of carbonyl (C=O) groups is 1. The largest absolute Gasteiger partial charge is 0.434 e. The van der Waals surface area contributed by atoms with Crippen LogP contribution in [0, 0.1) is 0 Å². The molecule has 0 fully saturated rings. The number of cyclic esters (lactones) is 1. The van der Waals surface area contributed by atoms with Crippen molar-refractivity contribution in [2.45, 2.75) is 11.1 Å². The average molecular weight is 304 g/mol. The molecule has 108 valence electrons. The van der Waals surface area contributed by atoms with Gasteiger partial charge in [0.1, 0.15) is 0 Å². The van der Waals surface area contributed by atoms with E-state index in [1.807, 2.05) is 6.07 Å². The van der Waals surface area contributed by atoms with Crippen LogP contribution in [-0.4, -0.2) is 14.4 Å². The number of hydrogen-bond donors (Lipinski definition) is 2. The molecule has 0 unspecified atom stereocenters. The second-order valence-electron chi connectivity index (χ2n) is 4.59. The summed E-state index contributed by atoms with van der Waals surface area (Å²) >= 11 is 0. The number of benzene rings is 2. The molecule has 1 aliphatic heterocycles. The molecule has 2 aromatic rings. The molecule has 3 N–H and O–H groups in total. The Morgan fingerprint density at radius 1 is 1.05 bits per heavy atom. The molecule has 0 spiro atoms. The Labute approximate surface area is 121 Å². The van der Waals surface area contributed by atoms with Gasteiger partial charge in [-0.3, -0.25) is 0 Å². The van der Waals surface area contributed by atoms with Gasteiger partial charge in [0, 0.05) is 11.3 Å². The zero-order chi connectivity index (χ0) is 15.0. The van der Waals surface area contributed by atoms with E-state index in [4.69, 9.17) is 9.88 Å². The van der Waals surface area contributed by atoms with Crippen LogP contribution >= 0.6 is 0 Å². The Morgan fingerprint density at radius 2 is 1.71 bits per heavy atom. The van der Waals surface area contributed by atoms with Gasteiger partial charge in [-0.2, -0.15) is 0 Å². The van der Waals surface area contributed by atoms with Gasteiger partial charge in [0.2, 0.25) is 16.3 Å². The van der Waals surface area contributed by atoms with Crippen molar-refractivity contribution in [3.05, 3.63) is 59.7 Å². The Kier molecular flexibility index (Phi) is 3.15. The smallest absolute Gasteiger partial charge is 0.340 e. The third-order valence-electron chi connectivity index (χ3n) is 3.17. The predicted octanol–water partition coefficient (Wildman–Crippen LogP) is 1.62.